The molecule has 1 aromatic carbocycles. The van der Waals surface area contributed by atoms with Crippen LogP contribution in [0.25, 0.3) is 0 Å². The number of para-hydroxylation sites is 1. The first-order chi connectivity index (χ1) is 12.8. The number of hydrogen-bond donors (Lipinski definition) is 1. The lowest BCUT2D eigenvalue weighted by Crippen LogP contribution is -2.44. The predicted molar refractivity (Wildman–Crippen MR) is 115 cm³/mol. The first kappa shape index (κ1) is 21.2. The van der Waals surface area contributed by atoms with Gasteiger partial charge in [0.25, 0.3) is 0 Å². The smallest absolute Gasteiger partial charge is 0.213 e. The monoisotopic (exact) mass is 484 g/mol. The summed E-state index contributed by atoms with van der Waals surface area (Å²) < 4.78 is 16.5. The van der Waals surface area contributed by atoms with Gasteiger partial charge >= 0.3 is 0 Å². The molecule has 0 aliphatic carbocycles. The third kappa shape index (κ3) is 7.22. The molecule has 146 valence electrons. The highest BCUT2D eigenvalue weighted by Gasteiger charge is 2.11. The Hall–Kier alpha value is -2.07. The van der Waals surface area contributed by atoms with Crippen LogP contribution in [0.5, 0.6) is 11.6 Å². The number of benzene rings is 1. The van der Waals surface area contributed by atoms with Crippen LogP contribution in [0.2, 0.25) is 0 Å². The van der Waals surface area contributed by atoms with Crippen molar-refractivity contribution in [2.24, 2.45) is 10.7 Å². The van der Waals surface area contributed by atoms with Gasteiger partial charge in [0, 0.05) is 25.4 Å². The molecular formula is C19H25IN4O3. The predicted octanol–water partition coefficient (Wildman–Crippen LogP) is 2.30. The Bertz CT molecular complexity index is 692. The van der Waals surface area contributed by atoms with Crippen molar-refractivity contribution in [3.05, 3.63) is 54.2 Å². The second kappa shape index (κ2) is 11.6. The van der Waals surface area contributed by atoms with E-state index < -0.39 is 0 Å². The molecule has 2 heterocycles. The topological polar surface area (TPSA) is 82.2 Å². The van der Waals surface area contributed by atoms with Crippen molar-refractivity contribution in [2.75, 3.05) is 39.5 Å². The molecule has 0 unspecified atom stereocenters. The van der Waals surface area contributed by atoms with Crippen molar-refractivity contribution >= 4 is 29.9 Å². The highest BCUT2D eigenvalue weighted by Crippen LogP contribution is 2.10. The van der Waals surface area contributed by atoms with Gasteiger partial charge in [-0.1, -0.05) is 24.3 Å². The van der Waals surface area contributed by atoms with Crippen LogP contribution < -0.4 is 15.2 Å². The summed E-state index contributed by atoms with van der Waals surface area (Å²) in [4.78, 5) is 10.7. The molecule has 1 aliphatic rings. The fourth-order valence-electron chi connectivity index (χ4n) is 2.48. The number of morpholine rings is 1. The largest absolute Gasteiger partial charge is 0.490 e. The Kier molecular flexibility index (Phi) is 9.12. The average molecular weight is 484 g/mol. The van der Waals surface area contributed by atoms with Gasteiger partial charge in [-0.25, -0.2) is 9.98 Å². The summed E-state index contributed by atoms with van der Waals surface area (Å²) >= 11 is 0. The van der Waals surface area contributed by atoms with E-state index in [0.29, 0.717) is 44.8 Å². The van der Waals surface area contributed by atoms with Crippen molar-refractivity contribution in [1.29, 1.82) is 0 Å². The molecule has 7 nitrogen and oxygen atoms in total. The van der Waals surface area contributed by atoms with Crippen LogP contribution in [0.15, 0.2) is 53.7 Å². The van der Waals surface area contributed by atoms with Crippen LogP contribution in [0.4, 0.5) is 0 Å². The van der Waals surface area contributed by atoms with Crippen LogP contribution in [-0.4, -0.2) is 55.4 Å². The van der Waals surface area contributed by atoms with E-state index in [-0.39, 0.29) is 24.0 Å². The molecule has 3 rings (SSSR count). The zero-order chi connectivity index (χ0) is 18.0. The van der Waals surface area contributed by atoms with Crippen LogP contribution in [0.1, 0.15) is 5.56 Å². The number of halogens is 1. The quantitative estimate of drug-likeness (QED) is 0.281. The summed E-state index contributed by atoms with van der Waals surface area (Å²) in [5.74, 6) is 1.94. The van der Waals surface area contributed by atoms with E-state index in [4.69, 9.17) is 19.9 Å². The maximum atomic E-state index is 6.02. The number of aliphatic imine (C=N–C) groups is 1. The van der Waals surface area contributed by atoms with Gasteiger partial charge in [-0.15, -0.1) is 24.0 Å². The van der Waals surface area contributed by atoms with Gasteiger partial charge in [-0.2, -0.15) is 0 Å². The molecule has 1 aromatic heterocycles. The summed E-state index contributed by atoms with van der Waals surface area (Å²) in [7, 11) is 0. The second-order valence-corrected chi connectivity index (χ2v) is 5.79. The van der Waals surface area contributed by atoms with Gasteiger partial charge in [-0.3, -0.25) is 0 Å². The van der Waals surface area contributed by atoms with Crippen molar-refractivity contribution in [1.82, 2.24) is 9.88 Å². The number of rotatable bonds is 7. The van der Waals surface area contributed by atoms with E-state index in [1.807, 2.05) is 47.4 Å². The van der Waals surface area contributed by atoms with E-state index in [0.717, 1.165) is 24.4 Å². The molecule has 1 saturated heterocycles. The van der Waals surface area contributed by atoms with Crippen molar-refractivity contribution < 1.29 is 14.2 Å². The SMILES string of the molecule is I.NC(=NCc1ccc(OCCOc2ccccc2)nc1)N1CCOCC1. The lowest BCUT2D eigenvalue weighted by molar-refractivity contribution is 0.0674. The van der Waals surface area contributed by atoms with Crippen molar-refractivity contribution in [3.8, 4) is 11.6 Å². The van der Waals surface area contributed by atoms with Gasteiger partial charge in [0.15, 0.2) is 5.96 Å². The lowest BCUT2D eigenvalue weighted by atomic mass is 10.3. The number of nitrogens with zero attached hydrogens (tertiary/aromatic N) is 3. The fraction of sp³-hybridized carbons (Fsp3) is 0.368. The van der Waals surface area contributed by atoms with Crippen LogP contribution >= 0.6 is 24.0 Å². The molecular weight excluding hydrogens is 459 g/mol. The van der Waals surface area contributed by atoms with Crippen LogP contribution in [-0.2, 0) is 11.3 Å². The Morgan fingerprint density at radius 3 is 2.52 bits per heavy atom. The Labute approximate surface area is 176 Å². The number of nitrogens with two attached hydrogens (primary N) is 1. The molecule has 0 bridgehead atoms. The molecule has 0 radical (unpaired) electrons. The molecule has 0 spiro atoms. The molecule has 1 aliphatic heterocycles. The number of ether oxygens (including phenoxy) is 3. The van der Waals surface area contributed by atoms with Gasteiger partial charge in [0.05, 0.1) is 19.8 Å². The lowest BCUT2D eigenvalue weighted by Gasteiger charge is -2.27. The standard InChI is InChI=1S/C19H24N4O3.HI/c20-19(23-8-10-24-11-9-23)22-15-16-6-7-18(21-14-16)26-13-12-25-17-4-2-1-3-5-17;/h1-7,14H,8-13,15H2,(H2,20,22);1H. The van der Waals surface area contributed by atoms with Gasteiger partial charge in [-0.05, 0) is 17.7 Å². The van der Waals surface area contributed by atoms with Crippen molar-refractivity contribution in [2.45, 2.75) is 6.54 Å². The van der Waals surface area contributed by atoms with E-state index >= 15 is 0 Å². The normalized spacial score (nSPS) is 14.4. The molecule has 2 aromatic rings. The summed E-state index contributed by atoms with van der Waals surface area (Å²) in [5, 5.41) is 0. The molecule has 2 N–H and O–H groups in total. The molecule has 0 saturated carbocycles. The van der Waals surface area contributed by atoms with Crippen molar-refractivity contribution in [3.63, 3.8) is 0 Å². The van der Waals surface area contributed by atoms with Gasteiger partial charge < -0.3 is 24.8 Å². The van der Waals surface area contributed by atoms with E-state index in [1.165, 1.54) is 0 Å². The average Bonchev–Trinajstić information content (AvgIpc) is 2.72. The maximum Gasteiger partial charge on any atom is 0.213 e. The first-order valence-electron chi connectivity index (χ1n) is 8.69. The summed E-state index contributed by atoms with van der Waals surface area (Å²) in [6.07, 6.45) is 1.75. The van der Waals surface area contributed by atoms with Crippen LogP contribution in [0, 0.1) is 0 Å². The third-order valence-corrected chi connectivity index (χ3v) is 3.90. The number of guanidine groups is 1. The fourth-order valence-corrected chi connectivity index (χ4v) is 2.48. The van der Waals surface area contributed by atoms with E-state index in [9.17, 15) is 0 Å². The zero-order valence-electron chi connectivity index (χ0n) is 15.1. The van der Waals surface area contributed by atoms with Crippen LogP contribution in [0.3, 0.4) is 0 Å². The van der Waals surface area contributed by atoms with Gasteiger partial charge in [0.2, 0.25) is 5.88 Å². The maximum absolute atomic E-state index is 6.02. The second-order valence-electron chi connectivity index (χ2n) is 5.79. The van der Waals surface area contributed by atoms with E-state index in [2.05, 4.69) is 9.98 Å². The minimum Gasteiger partial charge on any atom is -0.490 e. The van der Waals surface area contributed by atoms with E-state index in [1.54, 1.807) is 6.20 Å². The molecule has 0 amide bonds. The molecule has 1 fully saturated rings. The van der Waals surface area contributed by atoms with Gasteiger partial charge in [0.1, 0.15) is 19.0 Å². The molecule has 27 heavy (non-hydrogen) atoms. The third-order valence-electron chi connectivity index (χ3n) is 3.90. The molecule has 0 atom stereocenters. The first-order valence-corrected chi connectivity index (χ1v) is 8.69. The Balaban J connectivity index is 0.00000261. The highest BCUT2D eigenvalue weighted by atomic mass is 127. The Morgan fingerprint density at radius 2 is 1.81 bits per heavy atom. The number of hydrogen-bond acceptors (Lipinski definition) is 5. The summed E-state index contributed by atoms with van der Waals surface area (Å²) in [6.45, 7) is 4.34. The minimum atomic E-state index is 0. The summed E-state index contributed by atoms with van der Waals surface area (Å²) in [5.41, 5.74) is 7.00. The molecule has 8 heteroatoms. The Morgan fingerprint density at radius 1 is 1.07 bits per heavy atom. The highest BCUT2D eigenvalue weighted by molar-refractivity contribution is 14.0. The zero-order valence-corrected chi connectivity index (χ0v) is 17.5. The minimum absolute atomic E-state index is 0. The summed E-state index contributed by atoms with van der Waals surface area (Å²) in [6, 6.07) is 13.4. The number of aromatic nitrogens is 1. The number of pyridine rings is 1.